The summed E-state index contributed by atoms with van der Waals surface area (Å²) in [6.07, 6.45) is 2.41. The lowest BCUT2D eigenvalue weighted by atomic mass is 10.2. The molecule has 0 radical (unpaired) electrons. The van der Waals surface area contributed by atoms with Crippen LogP contribution in [0.2, 0.25) is 5.02 Å². The highest BCUT2D eigenvalue weighted by molar-refractivity contribution is 7.16. The molecule has 2 aromatic heterocycles. The van der Waals surface area contributed by atoms with Crippen molar-refractivity contribution in [3.63, 3.8) is 0 Å². The quantitative estimate of drug-likeness (QED) is 0.700. The zero-order valence-electron chi connectivity index (χ0n) is 13.3. The fraction of sp³-hybridized carbons (Fsp3) is 0.353. The van der Waals surface area contributed by atoms with Gasteiger partial charge in [0.05, 0.1) is 5.69 Å². The molecule has 124 valence electrons. The van der Waals surface area contributed by atoms with Crippen LogP contribution in [0, 0.1) is 6.92 Å². The van der Waals surface area contributed by atoms with Crippen molar-refractivity contribution in [2.45, 2.75) is 38.9 Å². The smallest absolute Gasteiger partial charge is 0.275 e. The van der Waals surface area contributed by atoms with Gasteiger partial charge in [0, 0.05) is 30.2 Å². The van der Waals surface area contributed by atoms with Gasteiger partial charge >= 0.3 is 0 Å². The van der Waals surface area contributed by atoms with Gasteiger partial charge in [0.15, 0.2) is 0 Å². The van der Waals surface area contributed by atoms with E-state index in [4.69, 9.17) is 11.6 Å². The zero-order chi connectivity index (χ0) is 16.7. The second kappa shape index (κ2) is 6.27. The molecular formula is C17H17ClN4OS. The number of fused-ring (bicyclic) bond motifs is 1. The maximum atomic E-state index is 12.2. The van der Waals surface area contributed by atoms with E-state index in [0.29, 0.717) is 17.5 Å². The van der Waals surface area contributed by atoms with E-state index >= 15 is 0 Å². The summed E-state index contributed by atoms with van der Waals surface area (Å²) in [5.41, 5.74) is 1.92. The van der Waals surface area contributed by atoms with E-state index in [1.807, 2.05) is 19.1 Å². The summed E-state index contributed by atoms with van der Waals surface area (Å²) in [5, 5.41) is 5.78. The monoisotopic (exact) mass is 360 g/mol. The van der Waals surface area contributed by atoms with Gasteiger partial charge in [-0.3, -0.25) is 9.69 Å². The molecule has 0 saturated heterocycles. The largest absolute Gasteiger partial charge is 0.290 e. The molecule has 7 heteroatoms. The second-order valence-corrected chi connectivity index (χ2v) is 7.76. The minimum absolute atomic E-state index is 0.110. The number of nitrogens with zero attached hydrogens (tertiary/aromatic N) is 4. The van der Waals surface area contributed by atoms with Crippen LogP contribution in [0.5, 0.6) is 0 Å². The summed E-state index contributed by atoms with van der Waals surface area (Å²) in [6, 6.07) is 10.1. The lowest BCUT2D eigenvalue weighted by molar-refractivity contribution is 0.243. The van der Waals surface area contributed by atoms with Crippen molar-refractivity contribution in [3.05, 3.63) is 62.0 Å². The van der Waals surface area contributed by atoms with Crippen molar-refractivity contribution < 1.29 is 0 Å². The van der Waals surface area contributed by atoms with Crippen LogP contribution in [-0.4, -0.2) is 25.5 Å². The van der Waals surface area contributed by atoms with Gasteiger partial charge in [-0.1, -0.05) is 35.1 Å². The molecule has 1 aromatic carbocycles. The summed E-state index contributed by atoms with van der Waals surface area (Å²) in [4.78, 5) is 19.9. The van der Waals surface area contributed by atoms with Crippen molar-refractivity contribution in [1.29, 1.82) is 0 Å². The van der Waals surface area contributed by atoms with Crippen LogP contribution in [0.1, 0.15) is 29.1 Å². The zero-order valence-corrected chi connectivity index (χ0v) is 14.8. The number of hydrogen-bond acceptors (Lipinski definition) is 5. The lowest BCUT2D eigenvalue weighted by Crippen LogP contribution is -2.27. The summed E-state index contributed by atoms with van der Waals surface area (Å²) < 4.78 is 1.38. The van der Waals surface area contributed by atoms with E-state index in [-0.39, 0.29) is 5.56 Å². The van der Waals surface area contributed by atoms with Gasteiger partial charge in [-0.25, -0.2) is 4.98 Å². The van der Waals surface area contributed by atoms with Crippen molar-refractivity contribution in [1.82, 2.24) is 19.5 Å². The van der Waals surface area contributed by atoms with Crippen LogP contribution in [0.15, 0.2) is 35.1 Å². The Morgan fingerprint density at radius 2 is 2.04 bits per heavy atom. The number of hydrogen-bond donors (Lipinski definition) is 0. The maximum Gasteiger partial charge on any atom is 0.275 e. The predicted octanol–water partition coefficient (Wildman–Crippen LogP) is 3.28. The van der Waals surface area contributed by atoms with Crippen LogP contribution in [0.4, 0.5) is 0 Å². The molecule has 5 nitrogen and oxygen atoms in total. The minimum Gasteiger partial charge on any atom is -0.290 e. The Bertz CT molecular complexity index is 930. The number of aromatic nitrogens is 3. The van der Waals surface area contributed by atoms with E-state index in [0.717, 1.165) is 22.3 Å². The van der Waals surface area contributed by atoms with Crippen LogP contribution >= 0.6 is 22.9 Å². The average molecular weight is 361 g/mol. The molecule has 3 aromatic rings. The molecule has 0 atom stereocenters. The van der Waals surface area contributed by atoms with E-state index in [1.165, 1.54) is 34.3 Å². The summed E-state index contributed by atoms with van der Waals surface area (Å²) in [7, 11) is 0. The molecule has 1 fully saturated rings. The first-order valence-corrected chi connectivity index (χ1v) is 9.13. The molecule has 0 N–H and O–H groups in total. The highest BCUT2D eigenvalue weighted by Gasteiger charge is 2.29. The third-order valence-corrected chi connectivity index (χ3v) is 5.20. The topological polar surface area (TPSA) is 50.5 Å². The Morgan fingerprint density at radius 3 is 2.75 bits per heavy atom. The molecule has 1 saturated carbocycles. The Hall–Kier alpha value is -1.76. The molecule has 24 heavy (non-hydrogen) atoms. The highest BCUT2D eigenvalue weighted by Crippen LogP contribution is 2.29. The SMILES string of the molecule is Cc1nn2c(=O)cc(CN(Cc3ccc(Cl)cc3)C3CC3)nc2s1. The van der Waals surface area contributed by atoms with E-state index in [1.54, 1.807) is 6.07 Å². The molecular weight excluding hydrogens is 344 g/mol. The van der Waals surface area contributed by atoms with Gasteiger partial charge in [-0.2, -0.15) is 9.61 Å². The molecule has 0 aliphatic heterocycles. The molecule has 0 unspecified atom stereocenters. The van der Waals surface area contributed by atoms with Gasteiger partial charge in [-0.05, 0) is 37.5 Å². The molecule has 1 aliphatic carbocycles. The maximum absolute atomic E-state index is 12.2. The Balaban J connectivity index is 1.59. The Kier molecular flexibility index (Phi) is 4.12. The molecule has 2 heterocycles. The van der Waals surface area contributed by atoms with Crippen LogP contribution in [0.3, 0.4) is 0 Å². The second-order valence-electron chi connectivity index (χ2n) is 6.16. The van der Waals surface area contributed by atoms with Crippen LogP contribution in [0.25, 0.3) is 4.96 Å². The Morgan fingerprint density at radius 1 is 1.29 bits per heavy atom. The molecule has 0 amide bonds. The first kappa shape index (κ1) is 15.7. The third kappa shape index (κ3) is 3.36. The number of halogens is 1. The van der Waals surface area contributed by atoms with Gasteiger partial charge in [0.1, 0.15) is 5.01 Å². The van der Waals surface area contributed by atoms with Crippen molar-refractivity contribution in [3.8, 4) is 0 Å². The van der Waals surface area contributed by atoms with E-state index in [2.05, 4.69) is 27.1 Å². The van der Waals surface area contributed by atoms with Gasteiger partial charge in [-0.15, -0.1) is 0 Å². The molecule has 1 aliphatic rings. The lowest BCUT2D eigenvalue weighted by Gasteiger charge is -2.21. The molecule has 0 bridgehead atoms. The standard InChI is InChI=1S/C17H17ClN4OS/c1-11-20-22-16(23)8-14(19-17(22)24-11)10-21(15-6-7-15)9-12-2-4-13(18)5-3-12/h2-5,8,15H,6-7,9-10H2,1H3. The first-order valence-electron chi connectivity index (χ1n) is 7.93. The van der Waals surface area contributed by atoms with Crippen molar-refractivity contribution in [2.24, 2.45) is 0 Å². The summed E-state index contributed by atoms with van der Waals surface area (Å²) >= 11 is 7.41. The number of rotatable bonds is 5. The van der Waals surface area contributed by atoms with Crippen LogP contribution in [-0.2, 0) is 13.1 Å². The van der Waals surface area contributed by atoms with Crippen molar-refractivity contribution >= 4 is 27.9 Å². The fourth-order valence-electron chi connectivity index (χ4n) is 2.82. The number of benzene rings is 1. The van der Waals surface area contributed by atoms with Gasteiger partial charge in [0.2, 0.25) is 4.96 Å². The highest BCUT2D eigenvalue weighted by atomic mass is 35.5. The fourth-order valence-corrected chi connectivity index (χ4v) is 3.71. The average Bonchev–Trinajstić information content (AvgIpc) is 3.31. The van der Waals surface area contributed by atoms with Crippen LogP contribution < -0.4 is 5.56 Å². The minimum atomic E-state index is -0.110. The summed E-state index contributed by atoms with van der Waals surface area (Å²) in [5.74, 6) is 0. The molecule has 0 spiro atoms. The third-order valence-electron chi connectivity index (χ3n) is 4.13. The number of aryl methyl sites for hydroxylation is 1. The van der Waals surface area contributed by atoms with E-state index < -0.39 is 0 Å². The molecule has 4 rings (SSSR count). The first-order chi connectivity index (χ1) is 11.6. The van der Waals surface area contributed by atoms with Gasteiger partial charge in [0.25, 0.3) is 5.56 Å². The predicted molar refractivity (Wildman–Crippen MR) is 95.6 cm³/mol. The Labute approximate surface area is 148 Å². The van der Waals surface area contributed by atoms with Gasteiger partial charge < -0.3 is 0 Å². The normalized spacial score (nSPS) is 14.6. The van der Waals surface area contributed by atoms with E-state index in [9.17, 15) is 4.79 Å². The summed E-state index contributed by atoms with van der Waals surface area (Å²) in [6.45, 7) is 3.40. The van der Waals surface area contributed by atoms with Crippen molar-refractivity contribution in [2.75, 3.05) is 0 Å².